The van der Waals surface area contributed by atoms with E-state index in [4.69, 9.17) is 23.7 Å². The molecule has 4 unspecified atom stereocenters. The number of ketones is 1. The Kier molecular flexibility index (Phi) is 3.58. The van der Waals surface area contributed by atoms with Gasteiger partial charge in [-0.05, 0) is 6.08 Å². The van der Waals surface area contributed by atoms with Gasteiger partial charge in [0.2, 0.25) is 11.6 Å². The molecule has 0 spiro atoms. The summed E-state index contributed by atoms with van der Waals surface area (Å²) in [7, 11) is 5.16. The van der Waals surface area contributed by atoms with E-state index in [1.807, 2.05) is 0 Å². The fourth-order valence-electron chi connectivity index (χ4n) is 4.08. The molecule has 1 heterocycles. The van der Waals surface area contributed by atoms with Crippen LogP contribution in [0.5, 0.6) is 0 Å². The quantitative estimate of drug-likeness (QED) is 0.509. The lowest BCUT2D eigenvalue weighted by atomic mass is 9.57. The van der Waals surface area contributed by atoms with Crippen molar-refractivity contribution < 1.29 is 38.1 Å². The highest BCUT2D eigenvalue weighted by Gasteiger charge is 2.75. The maximum atomic E-state index is 13.1. The van der Waals surface area contributed by atoms with Gasteiger partial charge in [0.25, 0.3) is 0 Å². The maximum Gasteiger partial charge on any atom is 0.334 e. The molecule has 1 saturated heterocycles. The number of carbonyl (C=O) groups excluding carboxylic acids is 3. The van der Waals surface area contributed by atoms with Gasteiger partial charge in [0.15, 0.2) is 5.60 Å². The number of methoxy groups -OCH3 is 4. The molecule has 1 aliphatic heterocycles. The normalized spacial score (nSPS) is 37.2. The van der Waals surface area contributed by atoms with Crippen LogP contribution in [-0.4, -0.2) is 63.7 Å². The van der Waals surface area contributed by atoms with Crippen LogP contribution in [0.1, 0.15) is 6.42 Å². The van der Waals surface area contributed by atoms with Crippen molar-refractivity contribution >= 4 is 17.7 Å². The monoisotopic (exact) mass is 326 g/mol. The second-order valence-corrected chi connectivity index (χ2v) is 5.74. The smallest absolute Gasteiger partial charge is 0.334 e. The van der Waals surface area contributed by atoms with E-state index in [1.54, 1.807) is 0 Å². The third kappa shape index (κ3) is 1.74. The van der Waals surface area contributed by atoms with Gasteiger partial charge in [0.1, 0.15) is 6.10 Å². The van der Waals surface area contributed by atoms with Crippen molar-refractivity contribution in [1.29, 1.82) is 0 Å². The molecule has 4 rings (SSSR count). The van der Waals surface area contributed by atoms with Crippen molar-refractivity contribution in [3.63, 3.8) is 0 Å². The minimum absolute atomic E-state index is 0.0230. The van der Waals surface area contributed by atoms with Gasteiger partial charge in [-0.2, -0.15) is 0 Å². The number of ether oxygens (including phenoxy) is 5. The molecule has 8 nitrogen and oxygen atoms in total. The van der Waals surface area contributed by atoms with Gasteiger partial charge >= 0.3 is 11.9 Å². The highest BCUT2D eigenvalue weighted by Crippen LogP contribution is 2.57. The van der Waals surface area contributed by atoms with Crippen molar-refractivity contribution in [3.05, 3.63) is 11.6 Å². The second kappa shape index (κ2) is 5.12. The summed E-state index contributed by atoms with van der Waals surface area (Å²) in [5, 5.41) is 0. The van der Waals surface area contributed by atoms with Gasteiger partial charge in [-0.3, -0.25) is 9.59 Å². The second-order valence-electron chi connectivity index (χ2n) is 5.74. The fraction of sp³-hybridized carbons (Fsp3) is 0.667. The molecular formula is C15H18O8. The van der Waals surface area contributed by atoms with E-state index in [2.05, 4.69) is 0 Å². The van der Waals surface area contributed by atoms with Crippen LogP contribution in [0.3, 0.4) is 0 Å². The van der Waals surface area contributed by atoms with E-state index >= 15 is 0 Å². The van der Waals surface area contributed by atoms with Gasteiger partial charge in [0.05, 0.1) is 19.4 Å². The average Bonchev–Trinajstić information content (AvgIpc) is 2.97. The third-order valence-electron chi connectivity index (χ3n) is 5.08. The van der Waals surface area contributed by atoms with Gasteiger partial charge in [0, 0.05) is 32.8 Å². The Bertz CT molecular complexity index is 605. The van der Waals surface area contributed by atoms with Gasteiger partial charge in [-0.15, -0.1) is 0 Å². The van der Waals surface area contributed by atoms with E-state index in [9.17, 15) is 14.4 Å². The SMILES string of the molecule is COC(=O)C1=CC2(OC)C(=O)C(OC)(OC)C1C1OC(=O)CC12. The van der Waals surface area contributed by atoms with Gasteiger partial charge in [-0.25, -0.2) is 4.79 Å². The number of carbonyl (C=O) groups is 3. The number of esters is 2. The van der Waals surface area contributed by atoms with Crippen LogP contribution < -0.4 is 0 Å². The predicted octanol–water partition coefficient (Wildman–Crippen LogP) is -0.396. The topological polar surface area (TPSA) is 97.4 Å². The summed E-state index contributed by atoms with van der Waals surface area (Å²) in [5.74, 6) is -4.82. The first kappa shape index (κ1) is 16.1. The van der Waals surface area contributed by atoms with Crippen LogP contribution in [0.2, 0.25) is 0 Å². The molecule has 0 radical (unpaired) electrons. The molecule has 0 aromatic rings. The summed E-state index contributed by atoms with van der Waals surface area (Å²) in [6, 6.07) is 0. The van der Waals surface area contributed by atoms with Crippen LogP contribution in [0.4, 0.5) is 0 Å². The molecular weight excluding hydrogens is 308 g/mol. The average molecular weight is 326 g/mol. The highest BCUT2D eigenvalue weighted by molar-refractivity contribution is 6.05. The van der Waals surface area contributed by atoms with E-state index in [1.165, 1.54) is 34.5 Å². The lowest BCUT2D eigenvalue weighted by Crippen LogP contribution is -2.73. The van der Waals surface area contributed by atoms with Crippen LogP contribution >= 0.6 is 0 Å². The third-order valence-corrected chi connectivity index (χ3v) is 5.08. The Balaban J connectivity index is 2.27. The molecule has 0 amide bonds. The van der Waals surface area contributed by atoms with E-state index in [0.717, 1.165) is 0 Å². The molecule has 8 heteroatoms. The zero-order valence-electron chi connectivity index (χ0n) is 13.3. The van der Waals surface area contributed by atoms with Crippen LogP contribution in [0, 0.1) is 11.8 Å². The van der Waals surface area contributed by atoms with E-state index in [0.29, 0.717) is 0 Å². The van der Waals surface area contributed by atoms with E-state index < -0.39 is 47.0 Å². The van der Waals surface area contributed by atoms with Crippen molar-refractivity contribution in [1.82, 2.24) is 0 Å². The number of hydrogen-bond donors (Lipinski definition) is 0. The molecule has 3 aliphatic carbocycles. The number of Topliss-reactive ketones (excluding diaryl/α,β-unsaturated/α-hetero) is 1. The Labute approximate surface area is 132 Å². The molecule has 4 atom stereocenters. The summed E-state index contributed by atoms with van der Waals surface area (Å²) in [6.07, 6.45) is 0.680. The zero-order chi connectivity index (χ0) is 17.0. The summed E-state index contributed by atoms with van der Waals surface area (Å²) in [6.45, 7) is 0. The largest absolute Gasteiger partial charge is 0.466 e. The van der Waals surface area contributed by atoms with Gasteiger partial charge < -0.3 is 23.7 Å². The standard InChI is InChI=1S/C15H18O8/c1-19-12(17)7-6-14(20-2)8-5-9(16)23-11(8)10(7)15(21-3,22-4)13(14)18/h6,8,10-11H,5H2,1-4H3. The number of fused-ring (bicyclic) bond motifs is 1. The Hall–Kier alpha value is -1.77. The molecule has 4 aliphatic rings. The summed E-state index contributed by atoms with van der Waals surface area (Å²) in [5.41, 5.74) is -1.39. The molecule has 2 fully saturated rings. The molecule has 1 saturated carbocycles. The van der Waals surface area contributed by atoms with Crippen LogP contribution in [0.25, 0.3) is 0 Å². The van der Waals surface area contributed by atoms with Crippen molar-refractivity contribution in [2.45, 2.75) is 23.9 Å². The van der Waals surface area contributed by atoms with Crippen molar-refractivity contribution in [3.8, 4) is 0 Å². The van der Waals surface area contributed by atoms with Crippen molar-refractivity contribution in [2.24, 2.45) is 11.8 Å². The first-order valence-corrected chi connectivity index (χ1v) is 7.12. The lowest BCUT2D eigenvalue weighted by molar-refractivity contribution is -0.274. The van der Waals surface area contributed by atoms with Crippen LogP contribution in [0.15, 0.2) is 11.6 Å². The fourth-order valence-corrected chi connectivity index (χ4v) is 4.08. The Morgan fingerprint density at radius 3 is 2.35 bits per heavy atom. The Morgan fingerprint density at radius 2 is 1.83 bits per heavy atom. The zero-order valence-corrected chi connectivity index (χ0v) is 13.3. The highest BCUT2D eigenvalue weighted by atomic mass is 16.7. The number of rotatable bonds is 4. The Morgan fingerprint density at radius 1 is 1.17 bits per heavy atom. The first-order valence-electron chi connectivity index (χ1n) is 7.12. The molecule has 0 aromatic heterocycles. The maximum absolute atomic E-state index is 13.1. The first-order chi connectivity index (χ1) is 10.9. The number of hydrogen-bond acceptors (Lipinski definition) is 8. The molecule has 2 bridgehead atoms. The molecule has 23 heavy (non-hydrogen) atoms. The minimum Gasteiger partial charge on any atom is -0.466 e. The summed E-state index contributed by atoms with van der Waals surface area (Å²) < 4.78 is 26.4. The van der Waals surface area contributed by atoms with Crippen molar-refractivity contribution in [2.75, 3.05) is 28.4 Å². The van der Waals surface area contributed by atoms with E-state index in [-0.39, 0.29) is 12.0 Å². The van der Waals surface area contributed by atoms with Crippen LogP contribution in [-0.2, 0) is 38.1 Å². The summed E-state index contributed by atoms with van der Waals surface area (Å²) in [4.78, 5) is 37.1. The minimum atomic E-state index is -1.78. The predicted molar refractivity (Wildman–Crippen MR) is 73.1 cm³/mol. The molecule has 0 aromatic carbocycles. The summed E-state index contributed by atoms with van der Waals surface area (Å²) >= 11 is 0. The molecule has 0 N–H and O–H groups in total. The molecule has 126 valence electrons. The lowest BCUT2D eigenvalue weighted by Gasteiger charge is -2.55. The van der Waals surface area contributed by atoms with Gasteiger partial charge in [-0.1, -0.05) is 0 Å².